The Morgan fingerprint density at radius 3 is 2.80 bits per heavy atom. The lowest BCUT2D eigenvalue weighted by Crippen LogP contribution is -2.74. The van der Waals surface area contributed by atoms with E-state index in [1.165, 1.54) is 0 Å². The van der Waals surface area contributed by atoms with Gasteiger partial charge in [0, 0.05) is 23.7 Å². The minimum absolute atomic E-state index is 0.0463. The highest BCUT2D eigenvalue weighted by molar-refractivity contribution is 5.82. The lowest BCUT2D eigenvalue weighted by atomic mass is 9.31. The largest absolute Gasteiger partial charge is 0.385 e. The maximum Gasteiger partial charge on any atom is 0.133 e. The number of hydrogen-bond donors (Lipinski definition) is 1. The molecule has 1 N–H and O–H groups in total. The summed E-state index contributed by atoms with van der Waals surface area (Å²) in [7, 11) is 0. The summed E-state index contributed by atoms with van der Waals surface area (Å²) >= 11 is 0. The molecule has 1 spiro atoms. The molecule has 3 atom stereocenters. The third kappa shape index (κ3) is 0.739. The SMILES string of the molecule is C=C1C2(O)CCCC13CC(=O)CC[C@@]23C. The van der Waals surface area contributed by atoms with Crippen molar-refractivity contribution in [2.75, 3.05) is 0 Å². The average Bonchev–Trinajstić information content (AvgIpc) is 2.20. The van der Waals surface area contributed by atoms with E-state index in [4.69, 9.17) is 0 Å². The standard InChI is InChI=1S/C13H18O2/c1-9-12-5-3-6-13(9,15)11(12,2)7-4-10(14)8-12/h15H,1,3-8H2,2H3/t11-,12?,13?/m1/s1. The van der Waals surface area contributed by atoms with Crippen LogP contribution < -0.4 is 0 Å². The van der Waals surface area contributed by atoms with E-state index in [1.807, 2.05) is 0 Å². The van der Waals surface area contributed by atoms with Gasteiger partial charge in [0.1, 0.15) is 5.78 Å². The van der Waals surface area contributed by atoms with Crippen LogP contribution in [-0.2, 0) is 4.79 Å². The molecule has 2 unspecified atom stereocenters. The number of rotatable bonds is 0. The van der Waals surface area contributed by atoms with Crippen LogP contribution in [0.2, 0.25) is 0 Å². The molecule has 0 saturated heterocycles. The molecule has 2 bridgehead atoms. The van der Waals surface area contributed by atoms with Gasteiger partial charge in [0.25, 0.3) is 0 Å². The zero-order chi connectivity index (χ0) is 10.9. The lowest BCUT2D eigenvalue weighted by molar-refractivity contribution is -0.239. The Hall–Kier alpha value is -0.630. The fourth-order valence-corrected chi connectivity index (χ4v) is 4.55. The van der Waals surface area contributed by atoms with Crippen molar-refractivity contribution in [3.63, 3.8) is 0 Å². The lowest BCUT2D eigenvalue weighted by Gasteiger charge is -2.74. The van der Waals surface area contributed by atoms with Crippen molar-refractivity contribution >= 4 is 5.78 Å². The van der Waals surface area contributed by atoms with Crippen LogP contribution in [0.1, 0.15) is 45.4 Å². The predicted octanol–water partition coefficient (Wildman–Crippen LogP) is 2.22. The Labute approximate surface area is 90.4 Å². The Kier molecular flexibility index (Phi) is 1.52. The number of carbonyl (C=O) groups excluding carboxylic acids is 1. The Balaban J connectivity index is 2.11. The number of Topliss-reactive ketones (excluding diaryl/α,β-unsaturated/α-hetero) is 1. The third-order valence-corrected chi connectivity index (χ3v) is 5.59. The van der Waals surface area contributed by atoms with Crippen LogP contribution >= 0.6 is 0 Å². The number of ketones is 1. The van der Waals surface area contributed by atoms with Crippen molar-refractivity contribution in [1.82, 2.24) is 0 Å². The molecule has 3 aliphatic rings. The number of hydrogen-bond acceptors (Lipinski definition) is 2. The molecule has 0 aromatic rings. The Morgan fingerprint density at radius 2 is 2.07 bits per heavy atom. The maximum absolute atomic E-state index is 11.6. The second-order valence-electron chi connectivity index (χ2n) is 5.82. The van der Waals surface area contributed by atoms with Gasteiger partial charge < -0.3 is 5.11 Å². The van der Waals surface area contributed by atoms with Crippen LogP contribution in [-0.4, -0.2) is 16.5 Å². The molecule has 0 aromatic carbocycles. The summed E-state index contributed by atoms with van der Waals surface area (Å²) in [6.45, 7) is 6.23. The smallest absolute Gasteiger partial charge is 0.133 e. The van der Waals surface area contributed by atoms with Crippen LogP contribution in [0, 0.1) is 10.8 Å². The third-order valence-electron chi connectivity index (χ3n) is 5.59. The van der Waals surface area contributed by atoms with Crippen LogP contribution in [0.15, 0.2) is 12.2 Å². The molecule has 0 aliphatic heterocycles. The van der Waals surface area contributed by atoms with Crippen molar-refractivity contribution in [2.24, 2.45) is 10.8 Å². The van der Waals surface area contributed by atoms with Gasteiger partial charge in [-0.3, -0.25) is 4.79 Å². The van der Waals surface area contributed by atoms with E-state index in [9.17, 15) is 9.90 Å². The van der Waals surface area contributed by atoms with E-state index in [-0.39, 0.29) is 10.8 Å². The van der Waals surface area contributed by atoms with Gasteiger partial charge in [0.2, 0.25) is 0 Å². The van der Waals surface area contributed by atoms with E-state index in [1.54, 1.807) is 0 Å². The molecule has 82 valence electrons. The first-order valence-corrected chi connectivity index (χ1v) is 5.90. The molecule has 0 heterocycles. The minimum atomic E-state index is -0.661. The van der Waals surface area contributed by atoms with Gasteiger partial charge in [-0.05, 0) is 31.3 Å². The van der Waals surface area contributed by atoms with Crippen molar-refractivity contribution in [3.8, 4) is 0 Å². The number of carbonyl (C=O) groups is 1. The Morgan fingerprint density at radius 1 is 1.33 bits per heavy atom. The molecule has 2 heteroatoms. The van der Waals surface area contributed by atoms with E-state index >= 15 is 0 Å². The van der Waals surface area contributed by atoms with Crippen molar-refractivity contribution in [1.29, 1.82) is 0 Å². The average molecular weight is 206 g/mol. The molecule has 0 aromatic heterocycles. The molecular formula is C13H18O2. The summed E-state index contributed by atoms with van der Waals surface area (Å²) < 4.78 is 0. The zero-order valence-electron chi connectivity index (χ0n) is 9.31. The molecule has 3 saturated carbocycles. The first-order valence-electron chi connectivity index (χ1n) is 5.90. The molecule has 0 amide bonds. The van der Waals surface area contributed by atoms with Crippen molar-refractivity contribution in [3.05, 3.63) is 12.2 Å². The Bertz CT molecular complexity index is 373. The van der Waals surface area contributed by atoms with E-state index in [2.05, 4.69) is 13.5 Å². The predicted molar refractivity (Wildman–Crippen MR) is 57.3 cm³/mol. The maximum atomic E-state index is 11.6. The fraction of sp³-hybridized carbons (Fsp3) is 0.769. The van der Waals surface area contributed by atoms with Gasteiger partial charge in [0.05, 0.1) is 5.60 Å². The molecular weight excluding hydrogens is 188 g/mol. The van der Waals surface area contributed by atoms with Gasteiger partial charge in [-0.15, -0.1) is 0 Å². The topological polar surface area (TPSA) is 37.3 Å². The summed E-state index contributed by atoms with van der Waals surface area (Å²) in [5.41, 5.74) is 0.182. The molecule has 3 rings (SSSR count). The number of fused-ring (bicyclic) bond motifs is 2. The van der Waals surface area contributed by atoms with Gasteiger partial charge in [-0.2, -0.15) is 0 Å². The highest BCUT2D eigenvalue weighted by Gasteiger charge is 2.75. The second kappa shape index (κ2) is 2.37. The normalized spacial score (nSPS) is 53.5. The van der Waals surface area contributed by atoms with E-state index < -0.39 is 5.60 Å². The van der Waals surface area contributed by atoms with Gasteiger partial charge in [-0.25, -0.2) is 0 Å². The van der Waals surface area contributed by atoms with Crippen molar-refractivity contribution in [2.45, 2.75) is 51.0 Å². The molecule has 3 fully saturated rings. The summed E-state index contributed by atoms with van der Waals surface area (Å²) in [5, 5.41) is 10.6. The van der Waals surface area contributed by atoms with E-state index in [0.29, 0.717) is 18.6 Å². The van der Waals surface area contributed by atoms with Crippen LogP contribution in [0.5, 0.6) is 0 Å². The van der Waals surface area contributed by atoms with Crippen LogP contribution in [0.3, 0.4) is 0 Å². The summed E-state index contributed by atoms with van der Waals surface area (Å²) in [5.74, 6) is 0.359. The first kappa shape index (κ1) is 9.59. The summed E-state index contributed by atoms with van der Waals surface area (Å²) in [6.07, 6.45) is 5.06. The van der Waals surface area contributed by atoms with Crippen molar-refractivity contribution < 1.29 is 9.90 Å². The number of aliphatic hydroxyl groups is 1. The zero-order valence-corrected chi connectivity index (χ0v) is 9.31. The highest BCUT2D eigenvalue weighted by Crippen LogP contribution is 2.76. The second-order valence-corrected chi connectivity index (χ2v) is 5.82. The highest BCUT2D eigenvalue weighted by atomic mass is 16.3. The summed E-state index contributed by atoms with van der Waals surface area (Å²) in [4.78, 5) is 11.6. The summed E-state index contributed by atoms with van der Waals surface area (Å²) in [6, 6.07) is 0. The van der Waals surface area contributed by atoms with Crippen LogP contribution in [0.4, 0.5) is 0 Å². The molecule has 15 heavy (non-hydrogen) atoms. The van der Waals surface area contributed by atoms with Gasteiger partial charge in [0.15, 0.2) is 0 Å². The molecule has 0 radical (unpaired) electrons. The van der Waals surface area contributed by atoms with Gasteiger partial charge >= 0.3 is 0 Å². The monoisotopic (exact) mass is 206 g/mol. The first-order chi connectivity index (χ1) is 6.96. The van der Waals surface area contributed by atoms with Gasteiger partial charge in [-0.1, -0.05) is 13.5 Å². The minimum Gasteiger partial charge on any atom is -0.385 e. The quantitative estimate of drug-likeness (QED) is 0.617. The fourth-order valence-electron chi connectivity index (χ4n) is 4.55. The van der Waals surface area contributed by atoms with E-state index in [0.717, 1.165) is 31.3 Å². The molecule has 2 nitrogen and oxygen atoms in total. The molecule has 3 aliphatic carbocycles. The van der Waals surface area contributed by atoms with Crippen LogP contribution in [0.25, 0.3) is 0 Å².